The summed E-state index contributed by atoms with van der Waals surface area (Å²) in [6, 6.07) is 4.86. The normalized spacial score (nSPS) is 19.0. The number of nitrogens with zero attached hydrogens (tertiary/aromatic N) is 3. The molecule has 1 saturated heterocycles. The van der Waals surface area contributed by atoms with Gasteiger partial charge in [0.1, 0.15) is 6.54 Å². The standard InChI is InChI=1S/C23H34N4O4S/c1-17(2)27-20-12-11-19(32(30,31)25-13-7-8-14-25)15-21(20)26(23(27)29)16-22(28)24-18-9-5-3-4-6-10-18/h11-12,15,17-18H,3-10,13-14,16H2,1-2H3,(H,24,28). The number of fused-ring (bicyclic) bond motifs is 1. The Hall–Kier alpha value is -2.13. The Morgan fingerprint density at radius 3 is 2.31 bits per heavy atom. The Morgan fingerprint density at radius 2 is 1.69 bits per heavy atom. The number of nitrogens with one attached hydrogen (secondary N) is 1. The first-order valence-corrected chi connectivity index (χ1v) is 13.3. The second-order valence-electron chi connectivity index (χ2n) is 9.35. The first kappa shape index (κ1) is 23.0. The fourth-order valence-electron chi connectivity index (χ4n) is 4.99. The highest BCUT2D eigenvalue weighted by molar-refractivity contribution is 7.89. The SMILES string of the molecule is CC(C)n1c(=O)n(CC(=O)NC2CCCCCC2)c2cc(S(=O)(=O)N3CCCC3)ccc21. The number of hydrogen-bond donors (Lipinski definition) is 1. The summed E-state index contributed by atoms with van der Waals surface area (Å²) in [6.07, 6.45) is 8.25. The van der Waals surface area contributed by atoms with E-state index >= 15 is 0 Å². The number of hydrogen-bond acceptors (Lipinski definition) is 4. The van der Waals surface area contributed by atoms with Gasteiger partial charge in [0, 0.05) is 25.2 Å². The van der Waals surface area contributed by atoms with Crippen LogP contribution in [0.25, 0.3) is 11.0 Å². The summed E-state index contributed by atoms with van der Waals surface area (Å²) in [5.41, 5.74) is 0.842. The fraction of sp³-hybridized carbons (Fsp3) is 0.652. The van der Waals surface area contributed by atoms with Crippen LogP contribution in [-0.4, -0.2) is 46.9 Å². The van der Waals surface area contributed by atoms with Gasteiger partial charge in [-0.3, -0.25) is 13.9 Å². The molecule has 1 aliphatic carbocycles. The summed E-state index contributed by atoms with van der Waals surface area (Å²) >= 11 is 0. The van der Waals surface area contributed by atoms with Crippen LogP contribution in [0, 0.1) is 0 Å². The van der Waals surface area contributed by atoms with Crippen molar-refractivity contribution in [1.82, 2.24) is 18.8 Å². The van der Waals surface area contributed by atoms with Gasteiger partial charge in [-0.05, 0) is 57.7 Å². The molecule has 1 amide bonds. The molecule has 8 nitrogen and oxygen atoms in total. The third kappa shape index (κ3) is 4.50. The average Bonchev–Trinajstić information content (AvgIpc) is 3.29. The highest BCUT2D eigenvalue weighted by atomic mass is 32.2. The molecule has 0 spiro atoms. The lowest BCUT2D eigenvalue weighted by Gasteiger charge is -2.17. The van der Waals surface area contributed by atoms with Crippen molar-refractivity contribution in [3.8, 4) is 0 Å². The highest BCUT2D eigenvalue weighted by Gasteiger charge is 2.28. The molecule has 1 N–H and O–H groups in total. The Bertz CT molecular complexity index is 1130. The van der Waals surface area contributed by atoms with Crippen molar-refractivity contribution >= 4 is 27.0 Å². The van der Waals surface area contributed by atoms with Crippen molar-refractivity contribution in [3.05, 3.63) is 28.7 Å². The van der Waals surface area contributed by atoms with Crippen LogP contribution in [0.1, 0.15) is 71.3 Å². The van der Waals surface area contributed by atoms with E-state index in [4.69, 9.17) is 0 Å². The molecule has 176 valence electrons. The smallest absolute Gasteiger partial charge is 0.329 e. The Morgan fingerprint density at radius 1 is 1.03 bits per heavy atom. The van der Waals surface area contributed by atoms with E-state index in [0.717, 1.165) is 38.5 Å². The molecule has 2 aliphatic rings. The summed E-state index contributed by atoms with van der Waals surface area (Å²) in [7, 11) is -3.62. The summed E-state index contributed by atoms with van der Waals surface area (Å²) in [4.78, 5) is 26.2. The molecule has 0 radical (unpaired) electrons. The van der Waals surface area contributed by atoms with Gasteiger partial charge in [0.25, 0.3) is 0 Å². The van der Waals surface area contributed by atoms with Crippen LogP contribution in [0.5, 0.6) is 0 Å². The maximum atomic E-state index is 13.2. The molecular formula is C23H34N4O4S. The maximum absolute atomic E-state index is 13.2. The van der Waals surface area contributed by atoms with Crippen molar-refractivity contribution in [2.24, 2.45) is 0 Å². The van der Waals surface area contributed by atoms with Crippen LogP contribution in [0.3, 0.4) is 0 Å². The van der Waals surface area contributed by atoms with E-state index in [1.165, 1.54) is 21.7 Å². The van der Waals surface area contributed by atoms with Crippen LogP contribution in [0.4, 0.5) is 0 Å². The zero-order valence-electron chi connectivity index (χ0n) is 19.0. The lowest BCUT2D eigenvalue weighted by Crippen LogP contribution is -2.39. The van der Waals surface area contributed by atoms with Gasteiger partial charge < -0.3 is 5.32 Å². The molecule has 32 heavy (non-hydrogen) atoms. The van der Waals surface area contributed by atoms with Gasteiger partial charge in [0.15, 0.2) is 0 Å². The van der Waals surface area contributed by atoms with Crippen LogP contribution in [0.2, 0.25) is 0 Å². The van der Waals surface area contributed by atoms with Gasteiger partial charge in [-0.1, -0.05) is 25.7 Å². The Labute approximate surface area is 189 Å². The number of imidazole rings is 1. The molecule has 1 saturated carbocycles. The van der Waals surface area contributed by atoms with Gasteiger partial charge in [-0.15, -0.1) is 0 Å². The van der Waals surface area contributed by atoms with E-state index in [9.17, 15) is 18.0 Å². The van der Waals surface area contributed by atoms with Crippen LogP contribution in [-0.2, 0) is 21.4 Å². The average molecular weight is 463 g/mol. The summed E-state index contributed by atoms with van der Waals surface area (Å²) < 4.78 is 30.7. The zero-order valence-corrected chi connectivity index (χ0v) is 19.9. The number of rotatable bonds is 6. The minimum Gasteiger partial charge on any atom is -0.352 e. The molecule has 4 rings (SSSR count). The van der Waals surface area contributed by atoms with Crippen LogP contribution >= 0.6 is 0 Å². The maximum Gasteiger partial charge on any atom is 0.329 e. The van der Waals surface area contributed by atoms with Gasteiger partial charge in [0.2, 0.25) is 15.9 Å². The first-order chi connectivity index (χ1) is 15.3. The number of carbonyl (C=O) groups excluding carboxylic acids is 1. The largest absolute Gasteiger partial charge is 0.352 e. The van der Waals surface area contributed by atoms with Gasteiger partial charge in [-0.2, -0.15) is 4.31 Å². The molecule has 2 heterocycles. The number of aromatic nitrogens is 2. The summed E-state index contributed by atoms with van der Waals surface area (Å²) in [6.45, 7) is 4.74. The minimum atomic E-state index is -3.62. The molecule has 1 aliphatic heterocycles. The topological polar surface area (TPSA) is 93.4 Å². The molecule has 1 aromatic heterocycles. The second kappa shape index (κ2) is 9.39. The van der Waals surface area contributed by atoms with Crippen molar-refractivity contribution in [1.29, 1.82) is 0 Å². The molecule has 1 aromatic carbocycles. The summed E-state index contributed by atoms with van der Waals surface area (Å²) in [5.74, 6) is -0.199. The van der Waals surface area contributed by atoms with Gasteiger partial charge >= 0.3 is 5.69 Å². The molecule has 2 fully saturated rings. The molecule has 0 atom stereocenters. The predicted octanol–water partition coefficient (Wildman–Crippen LogP) is 3.01. The first-order valence-electron chi connectivity index (χ1n) is 11.8. The molecular weight excluding hydrogens is 428 g/mol. The van der Waals surface area contributed by atoms with Crippen LogP contribution < -0.4 is 11.0 Å². The fourth-order valence-corrected chi connectivity index (χ4v) is 6.53. The van der Waals surface area contributed by atoms with E-state index < -0.39 is 10.0 Å². The van der Waals surface area contributed by atoms with E-state index in [1.54, 1.807) is 22.8 Å². The minimum absolute atomic E-state index is 0.112. The number of amides is 1. The molecule has 0 unspecified atom stereocenters. The number of benzene rings is 1. The van der Waals surface area contributed by atoms with Crippen molar-refractivity contribution in [3.63, 3.8) is 0 Å². The molecule has 0 bridgehead atoms. The second-order valence-corrected chi connectivity index (χ2v) is 11.3. The molecule has 9 heteroatoms. The zero-order chi connectivity index (χ0) is 22.9. The van der Waals surface area contributed by atoms with E-state index in [2.05, 4.69) is 5.32 Å². The Balaban J connectivity index is 1.69. The number of sulfonamides is 1. The van der Waals surface area contributed by atoms with Crippen LogP contribution in [0.15, 0.2) is 27.9 Å². The predicted molar refractivity (Wildman–Crippen MR) is 124 cm³/mol. The van der Waals surface area contributed by atoms with Crippen molar-refractivity contribution in [2.45, 2.75) is 88.7 Å². The third-order valence-electron chi connectivity index (χ3n) is 6.68. The number of carbonyl (C=O) groups is 1. The lowest BCUT2D eigenvalue weighted by molar-refractivity contribution is -0.122. The van der Waals surface area contributed by atoms with Crippen molar-refractivity contribution < 1.29 is 13.2 Å². The monoisotopic (exact) mass is 462 g/mol. The Kier molecular flexibility index (Phi) is 6.76. The lowest BCUT2D eigenvalue weighted by atomic mass is 10.1. The molecule has 2 aromatic rings. The van der Waals surface area contributed by atoms with Crippen molar-refractivity contribution in [2.75, 3.05) is 13.1 Å². The highest BCUT2D eigenvalue weighted by Crippen LogP contribution is 2.26. The van der Waals surface area contributed by atoms with Gasteiger partial charge in [-0.25, -0.2) is 13.2 Å². The van der Waals surface area contributed by atoms with Gasteiger partial charge in [0.05, 0.1) is 15.9 Å². The van der Waals surface area contributed by atoms with E-state index in [1.807, 2.05) is 13.8 Å². The quantitative estimate of drug-likeness (QED) is 0.668. The van der Waals surface area contributed by atoms with E-state index in [-0.39, 0.29) is 35.1 Å². The van der Waals surface area contributed by atoms with E-state index in [0.29, 0.717) is 24.1 Å². The third-order valence-corrected chi connectivity index (χ3v) is 8.57. The summed E-state index contributed by atoms with van der Waals surface area (Å²) in [5, 5.41) is 3.09.